The molecule has 108 valence electrons. The lowest BCUT2D eigenvalue weighted by Crippen LogP contribution is -2.39. The Labute approximate surface area is 120 Å². The predicted octanol–water partition coefficient (Wildman–Crippen LogP) is 3.11. The van der Waals surface area contributed by atoms with Gasteiger partial charge in [-0.1, -0.05) is 6.07 Å². The van der Waals surface area contributed by atoms with E-state index in [0.717, 1.165) is 43.2 Å². The number of hydrogen-bond acceptors (Lipinski definition) is 2. The summed E-state index contributed by atoms with van der Waals surface area (Å²) in [4.78, 5) is 2.39. The Morgan fingerprint density at radius 2 is 2.00 bits per heavy atom. The zero-order valence-electron chi connectivity index (χ0n) is 11.9. The quantitative estimate of drug-likeness (QED) is 0.911. The van der Waals surface area contributed by atoms with E-state index < -0.39 is 0 Å². The first-order valence-electron chi connectivity index (χ1n) is 8.07. The first-order valence-corrected chi connectivity index (χ1v) is 8.07. The minimum atomic E-state index is -0.101. The van der Waals surface area contributed by atoms with E-state index in [1.807, 2.05) is 6.07 Å². The summed E-state index contributed by atoms with van der Waals surface area (Å²) in [5.74, 6) is 0.766. The van der Waals surface area contributed by atoms with Gasteiger partial charge in [0.15, 0.2) is 0 Å². The number of nitrogens with one attached hydrogen (secondary N) is 1. The normalized spacial score (nSPS) is 31.6. The molecule has 3 heterocycles. The second-order valence-electron chi connectivity index (χ2n) is 6.77. The van der Waals surface area contributed by atoms with E-state index in [-0.39, 0.29) is 5.82 Å². The van der Waals surface area contributed by atoms with Crippen LogP contribution in [0.15, 0.2) is 18.2 Å². The molecule has 20 heavy (non-hydrogen) atoms. The Morgan fingerprint density at radius 3 is 2.80 bits per heavy atom. The Morgan fingerprint density at radius 1 is 1.20 bits per heavy atom. The largest absolute Gasteiger partial charge is 0.371 e. The first-order chi connectivity index (χ1) is 9.78. The zero-order valence-corrected chi connectivity index (χ0v) is 11.9. The molecule has 4 rings (SSSR count). The Kier molecular flexibility index (Phi) is 3.18. The van der Waals surface area contributed by atoms with Gasteiger partial charge >= 0.3 is 0 Å². The van der Waals surface area contributed by atoms with Crippen LogP contribution in [0.3, 0.4) is 0 Å². The van der Waals surface area contributed by atoms with Crippen molar-refractivity contribution in [1.29, 1.82) is 0 Å². The van der Waals surface area contributed by atoms with Crippen molar-refractivity contribution in [3.63, 3.8) is 0 Å². The summed E-state index contributed by atoms with van der Waals surface area (Å²) in [6, 6.07) is 6.82. The lowest BCUT2D eigenvalue weighted by atomic mass is 9.89. The fourth-order valence-corrected chi connectivity index (χ4v) is 4.40. The van der Waals surface area contributed by atoms with Crippen LogP contribution in [0.1, 0.15) is 37.7 Å². The number of nitrogens with zero attached hydrogens (tertiary/aromatic N) is 1. The lowest BCUT2D eigenvalue weighted by Gasteiger charge is -2.30. The summed E-state index contributed by atoms with van der Waals surface area (Å²) in [5.41, 5.74) is 2.46. The average Bonchev–Trinajstić information content (AvgIpc) is 3.00. The van der Waals surface area contributed by atoms with Crippen LogP contribution in [0.2, 0.25) is 0 Å². The van der Waals surface area contributed by atoms with Crippen molar-refractivity contribution in [2.24, 2.45) is 5.92 Å². The van der Waals surface area contributed by atoms with Gasteiger partial charge < -0.3 is 10.2 Å². The summed E-state index contributed by atoms with van der Waals surface area (Å²) in [7, 11) is 0. The molecule has 0 aromatic heterocycles. The third-order valence-corrected chi connectivity index (χ3v) is 5.42. The van der Waals surface area contributed by atoms with E-state index in [1.165, 1.54) is 37.7 Å². The van der Waals surface area contributed by atoms with Crippen molar-refractivity contribution in [3.8, 4) is 0 Å². The maximum Gasteiger partial charge on any atom is 0.125 e. The van der Waals surface area contributed by atoms with Crippen molar-refractivity contribution in [2.75, 3.05) is 18.0 Å². The van der Waals surface area contributed by atoms with Gasteiger partial charge in [-0.3, -0.25) is 0 Å². The van der Waals surface area contributed by atoms with E-state index in [0.29, 0.717) is 0 Å². The van der Waals surface area contributed by atoms with Gasteiger partial charge in [-0.15, -0.1) is 0 Å². The molecule has 2 nitrogen and oxygen atoms in total. The van der Waals surface area contributed by atoms with Crippen LogP contribution in [-0.4, -0.2) is 25.2 Å². The van der Waals surface area contributed by atoms with Gasteiger partial charge in [0.25, 0.3) is 0 Å². The van der Waals surface area contributed by atoms with Gasteiger partial charge in [0.2, 0.25) is 0 Å². The third-order valence-electron chi connectivity index (χ3n) is 5.42. The highest BCUT2D eigenvalue weighted by molar-refractivity contribution is 5.58. The maximum absolute atomic E-state index is 13.4. The molecule has 0 amide bonds. The van der Waals surface area contributed by atoms with Gasteiger partial charge in [-0.25, -0.2) is 4.39 Å². The first kappa shape index (κ1) is 12.6. The number of piperidine rings is 1. The van der Waals surface area contributed by atoms with Crippen LogP contribution < -0.4 is 10.2 Å². The highest BCUT2D eigenvalue weighted by atomic mass is 19.1. The van der Waals surface area contributed by atoms with E-state index >= 15 is 0 Å². The average molecular weight is 274 g/mol. The van der Waals surface area contributed by atoms with Gasteiger partial charge in [0, 0.05) is 30.9 Å². The molecule has 3 heteroatoms. The number of rotatable bonds is 3. The van der Waals surface area contributed by atoms with Crippen LogP contribution in [0, 0.1) is 11.7 Å². The van der Waals surface area contributed by atoms with Crippen LogP contribution in [0.4, 0.5) is 10.1 Å². The molecule has 0 radical (unpaired) electrons. The smallest absolute Gasteiger partial charge is 0.125 e. The van der Waals surface area contributed by atoms with Crippen molar-refractivity contribution < 1.29 is 4.39 Å². The fourth-order valence-electron chi connectivity index (χ4n) is 4.40. The Balaban J connectivity index is 1.38. The number of fused-ring (bicyclic) bond motifs is 3. The molecule has 1 aromatic carbocycles. The van der Waals surface area contributed by atoms with Gasteiger partial charge in [-0.05, 0) is 62.1 Å². The second-order valence-corrected chi connectivity index (χ2v) is 6.77. The molecule has 1 N–H and O–H groups in total. The fraction of sp³-hybridized carbons (Fsp3) is 0.647. The van der Waals surface area contributed by atoms with Gasteiger partial charge in [0.1, 0.15) is 5.82 Å². The number of halogens is 1. The Bertz CT molecular complexity index is 490. The van der Waals surface area contributed by atoms with Gasteiger partial charge in [-0.2, -0.15) is 0 Å². The molecule has 2 bridgehead atoms. The number of benzene rings is 1. The monoisotopic (exact) mass is 274 g/mol. The van der Waals surface area contributed by atoms with Crippen LogP contribution >= 0.6 is 0 Å². The topological polar surface area (TPSA) is 15.3 Å². The molecular formula is C17H23FN2. The third kappa shape index (κ3) is 2.32. The summed E-state index contributed by atoms with van der Waals surface area (Å²) < 4.78 is 13.4. The predicted molar refractivity (Wildman–Crippen MR) is 79.6 cm³/mol. The SMILES string of the molecule is Fc1ccc2c(c1)N(CCC1CC3CCC(C1)N3)CC2. The molecule has 0 spiro atoms. The molecule has 3 aliphatic rings. The standard InChI is InChI=1S/C17H23FN2/c18-14-2-1-13-6-8-20(17(13)11-14)7-5-12-9-15-3-4-16(10-12)19-15/h1-2,11-12,15-16,19H,3-10H2. The molecule has 2 saturated heterocycles. The maximum atomic E-state index is 13.4. The van der Waals surface area contributed by atoms with Crippen LogP contribution in [-0.2, 0) is 6.42 Å². The molecule has 3 aliphatic heterocycles. The number of hydrogen-bond donors (Lipinski definition) is 1. The zero-order chi connectivity index (χ0) is 13.5. The van der Waals surface area contributed by atoms with Crippen LogP contribution in [0.5, 0.6) is 0 Å². The lowest BCUT2D eigenvalue weighted by molar-refractivity contribution is 0.287. The van der Waals surface area contributed by atoms with Crippen molar-refractivity contribution in [2.45, 2.75) is 50.6 Å². The molecule has 2 atom stereocenters. The second kappa shape index (κ2) is 5.03. The van der Waals surface area contributed by atoms with E-state index in [2.05, 4.69) is 10.2 Å². The Hall–Kier alpha value is -1.09. The van der Waals surface area contributed by atoms with Crippen LogP contribution in [0.25, 0.3) is 0 Å². The van der Waals surface area contributed by atoms with Crippen molar-refractivity contribution >= 4 is 5.69 Å². The summed E-state index contributed by atoms with van der Waals surface area (Å²) in [6.45, 7) is 2.16. The summed E-state index contributed by atoms with van der Waals surface area (Å²) >= 11 is 0. The van der Waals surface area contributed by atoms with Gasteiger partial charge in [0.05, 0.1) is 0 Å². The molecule has 0 saturated carbocycles. The minimum absolute atomic E-state index is 0.101. The molecule has 0 aliphatic carbocycles. The minimum Gasteiger partial charge on any atom is -0.371 e. The molecule has 2 unspecified atom stereocenters. The molecule has 2 fully saturated rings. The number of anilines is 1. The highest BCUT2D eigenvalue weighted by Crippen LogP contribution is 2.34. The van der Waals surface area contributed by atoms with E-state index in [9.17, 15) is 4.39 Å². The molecule has 1 aromatic rings. The highest BCUT2D eigenvalue weighted by Gasteiger charge is 2.33. The summed E-state index contributed by atoms with van der Waals surface area (Å²) in [5, 5.41) is 3.71. The van der Waals surface area contributed by atoms with E-state index in [1.54, 1.807) is 12.1 Å². The van der Waals surface area contributed by atoms with Crippen molar-refractivity contribution in [1.82, 2.24) is 5.32 Å². The molecular weight excluding hydrogens is 251 g/mol. The summed E-state index contributed by atoms with van der Waals surface area (Å²) in [6.07, 6.45) is 7.79. The van der Waals surface area contributed by atoms with Crippen molar-refractivity contribution in [3.05, 3.63) is 29.6 Å². The van der Waals surface area contributed by atoms with E-state index in [4.69, 9.17) is 0 Å².